The van der Waals surface area contributed by atoms with E-state index in [2.05, 4.69) is 5.32 Å². The molecule has 112 valence electrons. The molecule has 0 saturated heterocycles. The van der Waals surface area contributed by atoms with Crippen LogP contribution in [-0.2, 0) is 0 Å². The average molecular weight is 302 g/mol. The van der Waals surface area contributed by atoms with Gasteiger partial charge in [0.05, 0.1) is 18.7 Å². The Kier molecular flexibility index (Phi) is 3.94. The van der Waals surface area contributed by atoms with Crippen molar-refractivity contribution in [1.82, 2.24) is 0 Å². The predicted octanol–water partition coefficient (Wildman–Crippen LogP) is 3.97. The zero-order valence-electron chi connectivity index (χ0n) is 12.5. The Morgan fingerprint density at radius 3 is 2.35 bits per heavy atom. The highest BCUT2D eigenvalue weighted by atomic mass is 16.5. The van der Waals surface area contributed by atoms with E-state index in [1.165, 1.54) is 0 Å². The molecule has 0 aliphatic heterocycles. The van der Waals surface area contributed by atoms with Crippen LogP contribution in [-0.4, -0.2) is 13.0 Å². The SMILES string of the molecule is COc1ccc(NC(=O)c2ccc(C#N)cc2)c2ccccc12. The molecule has 0 aliphatic rings. The van der Waals surface area contributed by atoms with Crippen LogP contribution in [0.2, 0.25) is 0 Å². The molecule has 3 aromatic rings. The van der Waals surface area contributed by atoms with Gasteiger partial charge >= 0.3 is 0 Å². The van der Waals surface area contributed by atoms with Gasteiger partial charge in [0.15, 0.2) is 0 Å². The van der Waals surface area contributed by atoms with Crippen molar-refractivity contribution in [3.8, 4) is 11.8 Å². The Labute approximate surface area is 133 Å². The third-order valence-electron chi connectivity index (χ3n) is 3.63. The quantitative estimate of drug-likeness (QED) is 0.796. The van der Waals surface area contributed by atoms with Gasteiger partial charge < -0.3 is 10.1 Å². The molecule has 23 heavy (non-hydrogen) atoms. The maximum Gasteiger partial charge on any atom is 0.255 e. The Hall–Kier alpha value is -3.32. The molecule has 0 bridgehead atoms. The average Bonchev–Trinajstić information content (AvgIpc) is 2.62. The number of hydrogen-bond donors (Lipinski definition) is 1. The fraction of sp³-hybridized carbons (Fsp3) is 0.0526. The van der Waals surface area contributed by atoms with Gasteiger partial charge in [0.2, 0.25) is 0 Å². The van der Waals surface area contributed by atoms with Gasteiger partial charge in [0, 0.05) is 22.0 Å². The molecule has 0 saturated carbocycles. The second-order valence-electron chi connectivity index (χ2n) is 5.00. The summed E-state index contributed by atoms with van der Waals surface area (Å²) in [6, 6.07) is 19.9. The molecule has 3 rings (SSSR count). The first-order valence-electron chi connectivity index (χ1n) is 7.10. The van der Waals surface area contributed by atoms with Crippen molar-refractivity contribution in [2.75, 3.05) is 12.4 Å². The maximum atomic E-state index is 12.4. The number of fused-ring (bicyclic) bond motifs is 1. The zero-order chi connectivity index (χ0) is 16.2. The second kappa shape index (κ2) is 6.20. The summed E-state index contributed by atoms with van der Waals surface area (Å²) in [5.41, 5.74) is 1.75. The van der Waals surface area contributed by atoms with E-state index in [9.17, 15) is 4.79 Å². The number of nitrogens with one attached hydrogen (secondary N) is 1. The normalized spacial score (nSPS) is 10.1. The number of nitrogens with zero attached hydrogens (tertiary/aromatic N) is 1. The molecule has 3 aromatic carbocycles. The molecule has 0 spiro atoms. The fourth-order valence-corrected chi connectivity index (χ4v) is 2.45. The van der Waals surface area contributed by atoms with Gasteiger partial charge in [0.1, 0.15) is 5.75 Å². The number of carbonyl (C=O) groups excluding carboxylic acids is 1. The van der Waals surface area contributed by atoms with Crippen LogP contribution in [0.4, 0.5) is 5.69 Å². The summed E-state index contributed by atoms with van der Waals surface area (Å²) in [6.07, 6.45) is 0. The van der Waals surface area contributed by atoms with Crippen molar-refractivity contribution in [2.24, 2.45) is 0 Å². The smallest absolute Gasteiger partial charge is 0.255 e. The first-order valence-corrected chi connectivity index (χ1v) is 7.10. The van der Waals surface area contributed by atoms with Crippen LogP contribution < -0.4 is 10.1 Å². The first-order chi connectivity index (χ1) is 11.2. The molecular weight excluding hydrogens is 288 g/mol. The molecule has 0 aliphatic carbocycles. The topological polar surface area (TPSA) is 62.1 Å². The van der Waals surface area contributed by atoms with Crippen molar-refractivity contribution < 1.29 is 9.53 Å². The standard InChI is InChI=1S/C19H14N2O2/c1-23-18-11-10-17(15-4-2-3-5-16(15)18)21-19(22)14-8-6-13(12-20)7-9-14/h2-11H,1H3,(H,21,22). The highest BCUT2D eigenvalue weighted by molar-refractivity contribution is 6.10. The number of ether oxygens (including phenoxy) is 1. The predicted molar refractivity (Wildman–Crippen MR) is 89.6 cm³/mol. The number of amides is 1. The summed E-state index contributed by atoms with van der Waals surface area (Å²) in [7, 11) is 1.62. The van der Waals surface area contributed by atoms with Gasteiger partial charge in [-0.1, -0.05) is 24.3 Å². The number of anilines is 1. The van der Waals surface area contributed by atoms with Crippen LogP contribution in [0, 0.1) is 11.3 Å². The third-order valence-corrected chi connectivity index (χ3v) is 3.63. The number of methoxy groups -OCH3 is 1. The second-order valence-corrected chi connectivity index (χ2v) is 5.00. The molecule has 4 nitrogen and oxygen atoms in total. The Balaban J connectivity index is 1.95. The lowest BCUT2D eigenvalue weighted by atomic mass is 10.1. The van der Waals surface area contributed by atoms with Crippen LogP contribution in [0.3, 0.4) is 0 Å². The molecule has 0 aromatic heterocycles. The van der Waals surface area contributed by atoms with E-state index >= 15 is 0 Å². The maximum absolute atomic E-state index is 12.4. The number of rotatable bonds is 3. The zero-order valence-corrected chi connectivity index (χ0v) is 12.5. The van der Waals surface area contributed by atoms with Gasteiger partial charge in [-0.2, -0.15) is 5.26 Å². The largest absolute Gasteiger partial charge is 0.496 e. The van der Waals surface area contributed by atoms with Gasteiger partial charge in [-0.15, -0.1) is 0 Å². The van der Waals surface area contributed by atoms with Gasteiger partial charge in [0.25, 0.3) is 5.91 Å². The first kappa shape index (κ1) is 14.6. The number of carbonyl (C=O) groups is 1. The highest BCUT2D eigenvalue weighted by Crippen LogP contribution is 2.31. The van der Waals surface area contributed by atoms with E-state index in [1.807, 2.05) is 42.5 Å². The van der Waals surface area contributed by atoms with E-state index in [1.54, 1.807) is 31.4 Å². The van der Waals surface area contributed by atoms with Crippen LogP contribution in [0.15, 0.2) is 60.7 Å². The molecule has 0 fully saturated rings. The highest BCUT2D eigenvalue weighted by Gasteiger charge is 2.10. The lowest BCUT2D eigenvalue weighted by molar-refractivity contribution is 0.102. The number of nitriles is 1. The van der Waals surface area contributed by atoms with E-state index in [0.717, 1.165) is 22.2 Å². The van der Waals surface area contributed by atoms with Gasteiger partial charge in [-0.25, -0.2) is 0 Å². The third kappa shape index (κ3) is 2.85. The summed E-state index contributed by atoms with van der Waals surface area (Å²) < 4.78 is 5.35. The van der Waals surface area contributed by atoms with Gasteiger partial charge in [-0.3, -0.25) is 4.79 Å². The Morgan fingerprint density at radius 2 is 1.70 bits per heavy atom. The molecule has 0 radical (unpaired) electrons. The molecular formula is C19H14N2O2. The van der Waals surface area contributed by atoms with Crippen molar-refractivity contribution in [2.45, 2.75) is 0 Å². The van der Waals surface area contributed by atoms with Crippen molar-refractivity contribution >= 4 is 22.4 Å². The Bertz CT molecular complexity index is 909. The van der Waals surface area contributed by atoms with Crippen LogP contribution in [0.1, 0.15) is 15.9 Å². The molecule has 4 heteroatoms. The van der Waals surface area contributed by atoms with Crippen molar-refractivity contribution in [3.05, 3.63) is 71.8 Å². The van der Waals surface area contributed by atoms with Gasteiger partial charge in [-0.05, 0) is 36.4 Å². The number of hydrogen-bond acceptors (Lipinski definition) is 3. The van der Waals surface area contributed by atoms with E-state index in [-0.39, 0.29) is 5.91 Å². The summed E-state index contributed by atoms with van der Waals surface area (Å²) in [5, 5.41) is 13.6. The number of benzene rings is 3. The van der Waals surface area contributed by atoms with Crippen molar-refractivity contribution in [1.29, 1.82) is 5.26 Å². The molecule has 1 amide bonds. The van der Waals surface area contributed by atoms with Crippen LogP contribution >= 0.6 is 0 Å². The van der Waals surface area contributed by atoms with Crippen molar-refractivity contribution in [3.63, 3.8) is 0 Å². The van der Waals surface area contributed by atoms with Crippen LogP contribution in [0.25, 0.3) is 10.8 Å². The summed E-state index contributed by atoms with van der Waals surface area (Å²) in [4.78, 5) is 12.4. The minimum atomic E-state index is -0.218. The molecule has 0 unspecified atom stereocenters. The molecule has 1 N–H and O–H groups in total. The minimum Gasteiger partial charge on any atom is -0.496 e. The Morgan fingerprint density at radius 1 is 1.00 bits per heavy atom. The molecule has 0 atom stereocenters. The monoisotopic (exact) mass is 302 g/mol. The summed E-state index contributed by atoms with van der Waals surface area (Å²) >= 11 is 0. The van der Waals surface area contributed by atoms with Crippen LogP contribution in [0.5, 0.6) is 5.75 Å². The van der Waals surface area contributed by atoms with E-state index in [4.69, 9.17) is 10.00 Å². The van der Waals surface area contributed by atoms with E-state index < -0.39 is 0 Å². The van der Waals surface area contributed by atoms with E-state index in [0.29, 0.717) is 11.1 Å². The minimum absolute atomic E-state index is 0.218. The molecule has 0 heterocycles. The summed E-state index contributed by atoms with van der Waals surface area (Å²) in [5.74, 6) is 0.543. The fourth-order valence-electron chi connectivity index (χ4n) is 2.45. The summed E-state index contributed by atoms with van der Waals surface area (Å²) in [6.45, 7) is 0. The lowest BCUT2D eigenvalue weighted by Crippen LogP contribution is -2.12. The lowest BCUT2D eigenvalue weighted by Gasteiger charge is -2.11.